The number of nitrogens with one attached hydrogen (secondary N) is 1. The predicted molar refractivity (Wildman–Crippen MR) is 59.5 cm³/mol. The van der Waals surface area contributed by atoms with Crippen LogP contribution in [0.5, 0.6) is 0 Å². The van der Waals surface area contributed by atoms with E-state index < -0.39 is 0 Å². The van der Waals surface area contributed by atoms with E-state index in [0.29, 0.717) is 6.04 Å². The average molecular weight is 212 g/mol. The van der Waals surface area contributed by atoms with E-state index in [-0.39, 0.29) is 6.61 Å². The van der Waals surface area contributed by atoms with E-state index in [1.807, 2.05) is 25.2 Å². The van der Waals surface area contributed by atoms with E-state index >= 15 is 0 Å². The summed E-state index contributed by atoms with van der Waals surface area (Å²) in [5.74, 6) is 0.939. The zero-order valence-corrected chi connectivity index (χ0v) is 9.13. The quantitative estimate of drug-likeness (QED) is 0.694. The Labute approximate surface area is 88.9 Å². The molecule has 4 heteroatoms. The van der Waals surface area contributed by atoms with E-state index in [9.17, 15) is 0 Å². The minimum Gasteiger partial charge on any atom is -0.396 e. The third-order valence-corrected chi connectivity index (χ3v) is 3.06. The molecule has 0 aliphatic rings. The van der Waals surface area contributed by atoms with E-state index in [0.717, 1.165) is 17.2 Å². The van der Waals surface area contributed by atoms with Crippen LogP contribution in [0, 0.1) is 0 Å². The van der Waals surface area contributed by atoms with Crippen molar-refractivity contribution >= 4 is 11.8 Å². The summed E-state index contributed by atoms with van der Waals surface area (Å²) >= 11 is 1.71. The highest BCUT2D eigenvalue weighted by Gasteiger charge is 2.05. The number of nitrogens with zero attached hydrogens (tertiary/aromatic N) is 1. The number of hydrogen-bond acceptors (Lipinski definition) is 4. The molecule has 1 aromatic rings. The molecule has 0 saturated carbocycles. The highest BCUT2D eigenvalue weighted by molar-refractivity contribution is 7.99. The zero-order chi connectivity index (χ0) is 10.2. The number of thioether (sulfide) groups is 1. The Hall–Kier alpha value is -0.580. The maximum Gasteiger partial charge on any atom is 0.0960 e. The van der Waals surface area contributed by atoms with Crippen molar-refractivity contribution < 1.29 is 5.11 Å². The fourth-order valence-electron chi connectivity index (χ4n) is 1.09. The lowest BCUT2D eigenvalue weighted by Crippen LogP contribution is -2.28. The van der Waals surface area contributed by atoms with E-state index in [1.165, 1.54) is 0 Å². The van der Waals surface area contributed by atoms with E-state index in [2.05, 4.69) is 10.3 Å². The molecule has 1 aromatic heterocycles. The maximum absolute atomic E-state index is 8.80. The number of pyridine rings is 1. The first-order valence-electron chi connectivity index (χ1n) is 4.68. The monoisotopic (exact) mass is 212 g/mol. The molecule has 0 fully saturated rings. The van der Waals surface area contributed by atoms with Gasteiger partial charge >= 0.3 is 0 Å². The van der Waals surface area contributed by atoms with Gasteiger partial charge in [-0.25, -0.2) is 4.98 Å². The van der Waals surface area contributed by atoms with Crippen molar-refractivity contribution in [2.24, 2.45) is 0 Å². The summed E-state index contributed by atoms with van der Waals surface area (Å²) in [6, 6.07) is 6.24. The molecule has 0 aliphatic carbocycles. The van der Waals surface area contributed by atoms with Crippen molar-refractivity contribution in [1.29, 1.82) is 0 Å². The van der Waals surface area contributed by atoms with Gasteiger partial charge in [0.05, 0.1) is 5.03 Å². The Bertz CT molecular complexity index is 243. The largest absolute Gasteiger partial charge is 0.396 e. The number of aliphatic hydroxyl groups excluding tert-OH is 1. The summed E-state index contributed by atoms with van der Waals surface area (Å²) in [7, 11) is 1.92. The molecule has 0 spiro atoms. The Balaban J connectivity index is 2.32. The summed E-state index contributed by atoms with van der Waals surface area (Å²) in [4.78, 5) is 4.22. The van der Waals surface area contributed by atoms with Crippen molar-refractivity contribution in [3.63, 3.8) is 0 Å². The first kappa shape index (κ1) is 11.5. The number of aliphatic hydroxyl groups is 1. The van der Waals surface area contributed by atoms with Crippen LogP contribution in [-0.4, -0.2) is 35.5 Å². The standard InChI is InChI=1S/C10H16N2OS/c1-11-9(5-7-13)8-14-10-4-2-3-6-12-10/h2-4,6,9,11,13H,5,7-8H2,1H3. The zero-order valence-electron chi connectivity index (χ0n) is 8.31. The van der Waals surface area contributed by atoms with Crippen LogP contribution < -0.4 is 5.32 Å². The molecule has 78 valence electrons. The molecule has 2 N–H and O–H groups in total. The minimum atomic E-state index is 0.230. The lowest BCUT2D eigenvalue weighted by atomic mass is 10.2. The summed E-state index contributed by atoms with van der Waals surface area (Å²) in [6.45, 7) is 0.230. The van der Waals surface area contributed by atoms with Gasteiger partial charge in [-0.05, 0) is 25.6 Å². The topological polar surface area (TPSA) is 45.1 Å². The second-order valence-electron chi connectivity index (χ2n) is 2.98. The van der Waals surface area contributed by atoms with E-state index in [1.54, 1.807) is 18.0 Å². The molecule has 0 saturated heterocycles. The van der Waals surface area contributed by atoms with Gasteiger partial charge < -0.3 is 10.4 Å². The molecule has 0 aliphatic heterocycles. The van der Waals surface area contributed by atoms with Gasteiger partial charge in [-0.2, -0.15) is 0 Å². The SMILES string of the molecule is CNC(CCO)CSc1ccccn1. The molecular weight excluding hydrogens is 196 g/mol. The Morgan fingerprint density at radius 3 is 3.00 bits per heavy atom. The molecule has 0 amide bonds. The maximum atomic E-state index is 8.80. The highest BCUT2D eigenvalue weighted by Crippen LogP contribution is 2.15. The van der Waals surface area contributed by atoms with Gasteiger partial charge in [-0.15, -0.1) is 11.8 Å². The van der Waals surface area contributed by atoms with Gasteiger partial charge in [-0.3, -0.25) is 0 Å². The lowest BCUT2D eigenvalue weighted by Gasteiger charge is -2.13. The van der Waals surface area contributed by atoms with Crippen LogP contribution in [0.1, 0.15) is 6.42 Å². The number of hydrogen-bond donors (Lipinski definition) is 2. The van der Waals surface area contributed by atoms with Crippen LogP contribution in [0.15, 0.2) is 29.4 Å². The van der Waals surface area contributed by atoms with Gasteiger partial charge in [-0.1, -0.05) is 6.07 Å². The molecule has 0 aromatic carbocycles. The number of aromatic nitrogens is 1. The van der Waals surface area contributed by atoms with Gasteiger partial charge in [0.25, 0.3) is 0 Å². The molecule has 0 radical (unpaired) electrons. The molecule has 0 bridgehead atoms. The number of rotatable bonds is 6. The Morgan fingerprint density at radius 1 is 1.57 bits per heavy atom. The molecule has 1 rings (SSSR count). The third kappa shape index (κ3) is 4.09. The molecule has 1 unspecified atom stereocenters. The van der Waals surface area contributed by atoms with Gasteiger partial charge in [0.15, 0.2) is 0 Å². The van der Waals surface area contributed by atoms with Crippen molar-refractivity contribution in [3.05, 3.63) is 24.4 Å². The van der Waals surface area contributed by atoms with Crippen molar-refractivity contribution in [1.82, 2.24) is 10.3 Å². The fraction of sp³-hybridized carbons (Fsp3) is 0.500. The average Bonchev–Trinajstić information content (AvgIpc) is 2.25. The fourth-order valence-corrected chi connectivity index (χ4v) is 2.10. The second kappa shape index (κ2) is 6.81. The molecular formula is C10H16N2OS. The molecule has 3 nitrogen and oxygen atoms in total. The lowest BCUT2D eigenvalue weighted by molar-refractivity contribution is 0.273. The summed E-state index contributed by atoms with van der Waals surface area (Å²) in [5.41, 5.74) is 0. The normalized spacial score (nSPS) is 12.7. The third-order valence-electron chi connectivity index (χ3n) is 1.96. The second-order valence-corrected chi connectivity index (χ2v) is 4.02. The minimum absolute atomic E-state index is 0.230. The summed E-state index contributed by atoms with van der Waals surface area (Å²) < 4.78 is 0. The molecule has 14 heavy (non-hydrogen) atoms. The van der Waals surface area contributed by atoms with Gasteiger partial charge in [0.1, 0.15) is 0 Å². The smallest absolute Gasteiger partial charge is 0.0960 e. The van der Waals surface area contributed by atoms with Crippen molar-refractivity contribution in [2.45, 2.75) is 17.5 Å². The first-order chi connectivity index (χ1) is 6.86. The van der Waals surface area contributed by atoms with Crippen LogP contribution in [0.3, 0.4) is 0 Å². The first-order valence-corrected chi connectivity index (χ1v) is 5.67. The Kier molecular flexibility index (Phi) is 5.59. The highest BCUT2D eigenvalue weighted by atomic mass is 32.2. The Morgan fingerprint density at radius 2 is 2.43 bits per heavy atom. The molecule has 1 atom stereocenters. The summed E-state index contributed by atoms with van der Waals surface area (Å²) in [5, 5.41) is 13.0. The van der Waals surface area contributed by atoms with Crippen molar-refractivity contribution in [2.75, 3.05) is 19.4 Å². The predicted octanol–water partition coefficient (Wildman–Crippen LogP) is 1.14. The van der Waals surface area contributed by atoms with Crippen LogP contribution in [0.4, 0.5) is 0 Å². The van der Waals surface area contributed by atoms with E-state index in [4.69, 9.17) is 5.11 Å². The van der Waals surface area contributed by atoms with Gasteiger partial charge in [0.2, 0.25) is 0 Å². The van der Waals surface area contributed by atoms with Crippen LogP contribution in [0.25, 0.3) is 0 Å². The van der Waals surface area contributed by atoms with Crippen LogP contribution in [-0.2, 0) is 0 Å². The van der Waals surface area contributed by atoms with Gasteiger partial charge in [0, 0.05) is 24.6 Å². The van der Waals surface area contributed by atoms with Crippen LogP contribution >= 0.6 is 11.8 Å². The summed E-state index contributed by atoms with van der Waals surface area (Å²) in [6.07, 6.45) is 2.58. The van der Waals surface area contributed by atoms with Crippen molar-refractivity contribution in [3.8, 4) is 0 Å². The molecule has 1 heterocycles. The van der Waals surface area contributed by atoms with Crippen LogP contribution in [0.2, 0.25) is 0 Å².